The third kappa shape index (κ3) is 2.31. The molecule has 0 radical (unpaired) electrons. The number of aryl methyl sites for hydroxylation is 1. The molecule has 0 spiro atoms. The summed E-state index contributed by atoms with van der Waals surface area (Å²) in [6.07, 6.45) is 0.496. The highest BCUT2D eigenvalue weighted by atomic mass is 32.1. The van der Waals surface area contributed by atoms with E-state index in [1.54, 1.807) is 13.1 Å². The quantitative estimate of drug-likeness (QED) is 0.634. The van der Waals surface area contributed by atoms with Gasteiger partial charge >= 0.3 is 5.69 Å². The first-order valence-electron chi connectivity index (χ1n) is 5.32. The lowest BCUT2D eigenvalue weighted by molar-refractivity contribution is -0.00736. The fraction of sp³-hybridized carbons (Fsp3) is 0.600. The van der Waals surface area contributed by atoms with E-state index in [-0.39, 0.29) is 11.9 Å². The summed E-state index contributed by atoms with van der Waals surface area (Å²) in [6.45, 7) is 1.76. The van der Waals surface area contributed by atoms with E-state index < -0.39 is 18.0 Å². The number of nitrogens with two attached hydrogens (primary N) is 1. The van der Waals surface area contributed by atoms with Gasteiger partial charge in [-0.3, -0.25) is 4.57 Å². The maximum Gasteiger partial charge on any atom is 0.351 e. The molecule has 7 heteroatoms. The van der Waals surface area contributed by atoms with E-state index >= 15 is 0 Å². The molecule has 1 aromatic heterocycles. The molecule has 6 nitrogen and oxygen atoms in total. The molecule has 1 saturated heterocycles. The van der Waals surface area contributed by atoms with Crippen molar-refractivity contribution < 1.29 is 9.84 Å². The van der Waals surface area contributed by atoms with Crippen LogP contribution < -0.4 is 11.4 Å². The van der Waals surface area contributed by atoms with Crippen LogP contribution in [0, 0.1) is 6.92 Å². The van der Waals surface area contributed by atoms with Crippen molar-refractivity contribution in [1.82, 2.24) is 9.55 Å². The molecule has 0 amide bonds. The molecule has 94 valence electrons. The molecule has 17 heavy (non-hydrogen) atoms. The van der Waals surface area contributed by atoms with Crippen LogP contribution in [0.5, 0.6) is 0 Å². The molecule has 3 N–H and O–H groups in total. The fourth-order valence-electron chi connectivity index (χ4n) is 1.84. The van der Waals surface area contributed by atoms with Crippen molar-refractivity contribution in [3.05, 3.63) is 22.2 Å². The monoisotopic (exact) mass is 257 g/mol. The summed E-state index contributed by atoms with van der Waals surface area (Å²) in [5.74, 6) is 0.629. The number of nitrogens with zero attached hydrogens (tertiary/aromatic N) is 2. The molecule has 0 bridgehead atoms. The Bertz CT molecular complexity index is 476. The molecule has 3 atom stereocenters. The molecular formula is C10H15N3O3S. The lowest BCUT2D eigenvalue weighted by atomic mass is 10.2. The standard InChI is InChI=1S/C10H15N3O3S/c1-5-3-13(10(15)12-9(5)11)8-2-6(14)7(4-17)16-8/h3,6-8,14,17H,2,4H2,1H3,(H2,11,12,15)/t6?,7-,8-/m1/s1. The van der Waals surface area contributed by atoms with E-state index in [0.717, 1.165) is 0 Å². The maximum atomic E-state index is 11.7. The lowest BCUT2D eigenvalue weighted by Gasteiger charge is -2.15. The summed E-state index contributed by atoms with van der Waals surface area (Å²) in [7, 11) is 0. The van der Waals surface area contributed by atoms with Gasteiger partial charge in [0.15, 0.2) is 0 Å². The van der Waals surface area contributed by atoms with Crippen molar-refractivity contribution >= 4 is 18.4 Å². The van der Waals surface area contributed by atoms with Gasteiger partial charge in [0.25, 0.3) is 0 Å². The Balaban J connectivity index is 2.30. The van der Waals surface area contributed by atoms with Crippen LogP contribution >= 0.6 is 12.6 Å². The Morgan fingerprint density at radius 1 is 1.76 bits per heavy atom. The zero-order valence-electron chi connectivity index (χ0n) is 9.41. The van der Waals surface area contributed by atoms with Crippen LogP contribution in [-0.2, 0) is 4.74 Å². The molecular weight excluding hydrogens is 242 g/mol. The summed E-state index contributed by atoms with van der Waals surface area (Å²) in [5, 5.41) is 9.70. The van der Waals surface area contributed by atoms with Crippen LogP contribution in [0.2, 0.25) is 0 Å². The second-order valence-corrected chi connectivity index (χ2v) is 4.48. The van der Waals surface area contributed by atoms with Gasteiger partial charge in [0.05, 0.1) is 12.2 Å². The molecule has 1 aromatic rings. The topological polar surface area (TPSA) is 90.4 Å². The van der Waals surface area contributed by atoms with E-state index in [1.807, 2.05) is 0 Å². The molecule has 0 aromatic carbocycles. The number of anilines is 1. The average molecular weight is 257 g/mol. The molecule has 2 rings (SSSR count). The number of thiol groups is 1. The summed E-state index contributed by atoms with van der Waals surface area (Å²) >= 11 is 4.08. The van der Waals surface area contributed by atoms with Gasteiger partial charge in [0.1, 0.15) is 12.0 Å². The minimum absolute atomic E-state index is 0.218. The van der Waals surface area contributed by atoms with Crippen molar-refractivity contribution in [3.8, 4) is 0 Å². The number of rotatable bonds is 2. The van der Waals surface area contributed by atoms with Crippen LogP contribution in [-0.4, -0.2) is 32.6 Å². The van der Waals surface area contributed by atoms with Crippen LogP contribution in [0.15, 0.2) is 11.0 Å². The summed E-state index contributed by atoms with van der Waals surface area (Å²) in [6, 6.07) is 0. The van der Waals surface area contributed by atoms with Crippen LogP contribution in [0.25, 0.3) is 0 Å². The number of hydrogen-bond donors (Lipinski definition) is 3. The highest BCUT2D eigenvalue weighted by Gasteiger charge is 2.34. The molecule has 1 aliphatic rings. The Labute approximate surface area is 104 Å². The molecule has 1 fully saturated rings. The SMILES string of the molecule is Cc1cn([C@H]2CC(O)[C@@H](CS)O2)c(=O)nc1N. The first-order valence-corrected chi connectivity index (χ1v) is 5.96. The largest absolute Gasteiger partial charge is 0.390 e. The summed E-state index contributed by atoms with van der Waals surface area (Å²) in [4.78, 5) is 15.4. The Morgan fingerprint density at radius 2 is 2.47 bits per heavy atom. The smallest absolute Gasteiger partial charge is 0.351 e. The van der Waals surface area contributed by atoms with Gasteiger partial charge in [-0.25, -0.2) is 4.79 Å². The minimum atomic E-state index is -0.609. The Kier molecular flexibility index (Phi) is 3.41. The zero-order valence-corrected chi connectivity index (χ0v) is 10.3. The Morgan fingerprint density at radius 3 is 3.06 bits per heavy atom. The lowest BCUT2D eigenvalue weighted by Crippen LogP contribution is -2.28. The summed E-state index contributed by atoms with van der Waals surface area (Å²) < 4.78 is 6.90. The van der Waals surface area contributed by atoms with Gasteiger partial charge in [-0.2, -0.15) is 17.6 Å². The fourth-order valence-corrected chi connectivity index (χ4v) is 2.16. The third-order valence-electron chi connectivity index (χ3n) is 2.87. The van der Waals surface area contributed by atoms with E-state index in [4.69, 9.17) is 10.5 Å². The van der Waals surface area contributed by atoms with E-state index in [0.29, 0.717) is 17.7 Å². The number of aliphatic hydroxyl groups excluding tert-OH is 1. The number of nitrogen functional groups attached to an aromatic ring is 1. The highest BCUT2D eigenvalue weighted by Crippen LogP contribution is 2.28. The number of ether oxygens (including phenoxy) is 1. The maximum absolute atomic E-state index is 11.7. The number of aliphatic hydroxyl groups is 1. The van der Waals surface area contributed by atoms with Gasteiger partial charge < -0.3 is 15.6 Å². The molecule has 1 unspecified atom stereocenters. The number of aromatic nitrogens is 2. The van der Waals surface area contributed by atoms with Gasteiger partial charge in [-0.15, -0.1) is 0 Å². The first-order chi connectivity index (χ1) is 8.02. The summed E-state index contributed by atoms with van der Waals surface area (Å²) in [5.41, 5.74) is 5.78. The number of hydrogen-bond acceptors (Lipinski definition) is 6. The van der Waals surface area contributed by atoms with Crippen molar-refractivity contribution in [2.75, 3.05) is 11.5 Å². The minimum Gasteiger partial charge on any atom is -0.390 e. The normalized spacial score (nSPS) is 28.5. The molecule has 2 heterocycles. The van der Waals surface area contributed by atoms with Crippen molar-refractivity contribution in [2.24, 2.45) is 0 Å². The zero-order chi connectivity index (χ0) is 12.6. The van der Waals surface area contributed by atoms with Crippen LogP contribution in [0.3, 0.4) is 0 Å². The van der Waals surface area contributed by atoms with E-state index in [1.165, 1.54) is 4.57 Å². The van der Waals surface area contributed by atoms with Gasteiger partial charge in [0, 0.05) is 23.9 Å². The third-order valence-corrected chi connectivity index (χ3v) is 3.23. The predicted molar refractivity (Wildman–Crippen MR) is 66.0 cm³/mol. The van der Waals surface area contributed by atoms with Crippen molar-refractivity contribution in [2.45, 2.75) is 31.8 Å². The van der Waals surface area contributed by atoms with Crippen molar-refractivity contribution in [1.29, 1.82) is 0 Å². The Hall–Kier alpha value is -1.05. The van der Waals surface area contributed by atoms with E-state index in [9.17, 15) is 9.90 Å². The second kappa shape index (κ2) is 4.67. The molecule has 0 saturated carbocycles. The van der Waals surface area contributed by atoms with Gasteiger partial charge in [0.2, 0.25) is 0 Å². The van der Waals surface area contributed by atoms with Gasteiger partial charge in [-0.05, 0) is 6.92 Å². The molecule has 1 aliphatic heterocycles. The van der Waals surface area contributed by atoms with E-state index in [2.05, 4.69) is 17.6 Å². The predicted octanol–water partition coefficient (Wildman–Crippen LogP) is -0.288. The van der Waals surface area contributed by atoms with Gasteiger partial charge in [-0.1, -0.05) is 0 Å². The molecule has 0 aliphatic carbocycles. The van der Waals surface area contributed by atoms with Crippen LogP contribution in [0.4, 0.5) is 5.82 Å². The second-order valence-electron chi connectivity index (χ2n) is 4.11. The van der Waals surface area contributed by atoms with Crippen molar-refractivity contribution in [3.63, 3.8) is 0 Å². The average Bonchev–Trinajstić information content (AvgIpc) is 2.65. The first kappa shape index (κ1) is 12.4. The van der Waals surface area contributed by atoms with Crippen LogP contribution in [0.1, 0.15) is 18.2 Å². The highest BCUT2D eigenvalue weighted by molar-refractivity contribution is 7.80.